The Morgan fingerprint density at radius 2 is 2.26 bits per heavy atom. The van der Waals surface area contributed by atoms with Crippen molar-refractivity contribution in [2.45, 2.75) is 19.8 Å². The second-order valence-electron chi connectivity index (χ2n) is 4.11. The molecule has 0 saturated heterocycles. The molecule has 2 N–H and O–H groups in total. The predicted molar refractivity (Wildman–Crippen MR) is 77.3 cm³/mol. The standard InChI is InChI=1S/C13H20N2O3S/c1-3-11-10(5-8-18-11)13(16)15(7-9-17-2)6-4-12(14)19/h5,8H,3-4,6-7,9H2,1-2H3,(H2,14,19). The average molecular weight is 284 g/mol. The van der Waals surface area contributed by atoms with E-state index in [9.17, 15) is 4.79 Å². The number of hydrogen-bond acceptors (Lipinski definition) is 4. The summed E-state index contributed by atoms with van der Waals surface area (Å²) in [6, 6.07) is 1.70. The van der Waals surface area contributed by atoms with Crippen LogP contribution in [0.2, 0.25) is 0 Å². The van der Waals surface area contributed by atoms with Crippen molar-refractivity contribution in [1.29, 1.82) is 0 Å². The summed E-state index contributed by atoms with van der Waals surface area (Å²) in [5.74, 6) is 0.627. The maximum atomic E-state index is 12.4. The molecule has 0 spiro atoms. The zero-order chi connectivity index (χ0) is 14.3. The van der Waals surface area contributed by atoms with Crippen molar-refractivity contribution in [3.8, 4) is 0 Å². The summed E-state index contributed by atoms with van der Waals surface area (Å²) in [5.41, 5.74) is 6.09. The Morgan fingerprint density at radius 1 is 1.53 bits per heavy atom. The van der Waals surface area contributed by atoms with E-state index in [1.165, 1.54) is 6.26 Å². The van der Waals surface area contributed by atoms with Gasteiger partial charge in [0.25, 0.3) is 5.91 Å². The summed E-state index contributed by atoms with van der Waals surface area (Å²) in [6.45, 7) is 3.42. The Labute approximate surface area is 118 Å². The quantitative estimate of drug-likeness (QED) is 0.734. The normalized spacial score (nSPS) is 10.4. The van der Waals surface area contributed by atoms with E-state index in [1.807, 2.05) is 6.92 Å². The van der Waals surface area contributed by atoms with Gasteiger partial charge in [-0.15, -0.1) is 0 Å². The van der Waals surface area contributed by atoms with Crippen LogP contribution in [0.25, 0.3) is 0 Å². The molecular formula is C13H20N2O3S. The minimum Gasteiger partial charge on any atom is -0.469 e. The van der Waals surface area contributed by atoms with Crippen molar-refractivity contribution in [3.63, 3.8) is 0 Å². The Bertz CT molecular complexity index is 431. The monoisotopic (exact) mass is 284 g/mol. The van der Waals surface area contributed by atoms with E-state index in [1.54, 1.807) is 18.1 Å². The lowest BCUT2D eigenvalue weighted by Gasteiger charge is -2.22. The van der Waals surface area contributed by atoms with Crippen LogP contribution < -0.4 is 5.73 Å². The Balaban J connectivity index is 2.77. The first-order valence-electron chi connectivity index (χ1n) is 6.23. The molecule has 1 amide bonds. The van der Waals surface area contributed by atoms with Gasteiger partial charge in [-0.25, -0.2) is 0 Å². The minimum absolute atomic E-state index is 0.0705. The number of carbonyl (C=O) groups excluding carboxylic acids is 1. The van der Waals surface area contributed by atoms with Crippen molar-refractivity contribution < 1.29 is 13.9 Å². The fourth-order valence-corrected chi connectivity index (χ4v) is 1.83. The number of nitrogens with two attached hydrogens (primary N) is 1. The molecule has 1 aromatic heterocycles. The number of nitrogens with zero attached hydrogens (tertiary/aromatic N) is 1. The highest BCUT2D eigenvalue weighted by molar-refractivity contribution is 7.80. The third-order valence-corrected chi connectivity index (χ3v) is 2.98. The topological polar surface area (TPSA) is 68.7 Å². The van der Waals surface area contributed by atoms with Gasteiger partial charge in [-0.1, -0.05) is 19.1 Å². The fourth-order valence-electron chi connectivity index (χ4n) is 1.74. The van der Waals surface area contributed by atoms with Crippen molar-refractivity contribution in [2.75, 3.05) is 26.8 Å². The highest BCUT2D eigenvalue weighted by atomic mass is 32.1. The van der Waals surface area contributed by atoms with Gasteiger partial charge in [0.15, 0.2) is 0 Å². The van der Waals surface area contributed by atoms with Gasteiger partial charge < -0.3 is 19.8 Å². The molecule has 106 valence electrons. The molecule has 1 rings (SSSR count). The molecule has 0 aliphatic rings. The van der Waals surface area contributed by atoms with E-state index in [0.29, 0.717) is 48.9 Å². The Hall–Kier alpha value is -1.40. The second kappa shape index (κ2) is 7.91. The van der Waals surface area contributed by atoms with Crippen LogP contribution in [-0.4, -0.2) is 42.6 Å². The zero-order valence-electron chi connectivity index (χ0n) is 11.3. The van der Waals surface area contributed by atoms with Crippen LogP contribution in [0, 0.1) is 0 Å². The van der Waals surface area contributed by atoms with Gasteiger partial charge in [0.1, 0.15) is 5.76 Å². The van der Waals surface area contributed by atoms with Gasteiger partial charge >= 0.3 is 0 Å². The molecule has 0 aromatic carbocycles. The molecule has 6 heteroatoms. The molecule has 1 aromatic rings. The van der Waals surface area contributed by atoms with Crippen molar-refractivity contribution >= 4 is 23.1 Å². The molecule has 5 nitrogen and oxygen atoms in total. The lowest BCUT2D eigenvalue weighted by atomic mass is 10.2. The van der Waals surface area contributed by atoms with E-state index in [4.69, 9.17) is 27.1 Å². The zero-order valence-corrected chi connectivity index (χ0v) is 12.2. The van der Waals surface area contributed by atoms with Crippen LogP contribution in [0.4, 0.5) is 0 Å². The number of carbonyl (C=O) groups is 1. The summed E-state index contributed by atoms with van der Waals surface area (Å²) in [4.78, 5) is 14.5. The summed E-state index contributed by atoms with van der Waals surface area (Å²) >= 11 is 4.85. The van der Waals surface area contributed by atoms with Crippen LogP contribution in [0.5, 0.6) is 0 Å². The first kappa shape index (κ1) is 15.7. The van der Waals surface area contributed by atoms with E-state index in [2.05, 4.69) is 0 Å². The first-order valence-corrected chi connectivity index (χ1v) is 6.63. The van der Waals surface area contributed by atoms with Crippen LogP contribution in [0.3, 0.4) is 0 Å². The summed E-state index contributed by atoms with van der Waals surface area (Å²) in [5, 5.41) is 0. The van der Waals surface area contributed by atoms with Crippen molar-refractivity contribution in [3.05, 3.63) is 23.7 Å². The number of amides is 1. The number of furan rings is 1. The van der Waals surface area contributed by atoms with Crippen LogP contribution in [0.15, 0.2) is 16.7 Å². The lowest BCUT2D eigenvalue weighted by Crippen LogP contribution is -2.36. The van der Waals surface area contributed by atoms with E-state index < -0.39 is 0 Å². The average Bonchev–Trinajstić information content (AvgIpc) is 2.86. The molecule has 0 unspecified atom stereocenters. The number of thiocarbonyl (C=S) groups is 1. The van der Waals surface area contributed by atoms with Gasteiger partial charge in [-0.3, -0.25) is 4.79 Å². The molecule has 0 saturated carbocycles. The van der Waals surface area contributed by atoms with Gasteiger partial charge in [0, 0.05) is 33.0 Å². The van der Waals surface area contributed by atoms with Crippen LogP contribution in [0.1, 0.15) is 29.5 Å². The number of ether oxygens (including phenoxy) is 1. The number of aryl methyl sites for hydroxylation is 1. The molecule has 0 aliphatic carbocycles. The fraction of sp³-hybridized carbons (Fsp3) is 0.538. The highest BCUT2D eigenvalue weighted by Gasteiger charge is 2.20. The van der Waals surface area contributed by atoms with Crippen LogP contribution in [-0.2, 0) is 11.2 Å². The van der Waals surface area contributed by atoms with Gasteiger partial charge in [0.05, 0.1) is 23.4 Å². The molecule has 0 aliphatic heterocycles. The smallest absolute Gasteiger partial charge is 0.257 e. The van der Waals surface area contributed by atoms with E-state index >= 15 is 0 Å². The number of methoxy groups -OCH3 is 1. The predicted octanol–water partition coefficient (Wildman–Crippen LogP) is 1.61. The highest BCUT2D eigenvalue weighted by Crippen LogP contribution is 2.14. The SMILES string of the molecule is CCc1occc1C(=O)N(CCOC)CCC(N)=S. The second-order valence-corrected chi connectivity index (χ2v) is 4.64. The third-order valence-electron chi connectivity index (χ3n) is 2.78. The number of hydrogen-bond donors (Lipinski definition) is 1. The maximum absolute atomic E-state index is 12.4. The third kappa shape index (κ3) is 4.65. The molecule has 1 heterocycles. The van der Waals surface area contributed by atoms with Gasteiger partial charge in [-0.2, -0.15) is 0 Å². The minimum atomic E-state index is -0.0705. The molecule has 0 atom stereocenters. The first-order chi connectivity index (χ1) is 9.10. The maximum Gasteiger partial charge on any atom is 0.257 e. The number of rotatable bonds is 8. The van der Waals surface area contributed by atoms with Gasteiger partial charge in [0.2, 0.25) is 0 Å². The van der Waals surface area contributed by atoms with E-state index in [-0.39, 0.29) is 5.91 Å². The van der Waals surface area contributed by atoms with Crippen molar-refractivity contribution in [1.82, 2.24) is 4.90 Å². The summed E-state index contributed by atoms with van der Waals surface area (Å²) in [7, 11) is 1.60. The van der Waals surface area contributed by atoms with Crippen LogP contribution >= 0.6 is 12.2 Å². The summed E-state index contributed by atoms with van der Waals surface area (Å²) < 4.78 is 10.3. The Kier molecular flexibility index (Phi) is 6.52. The van der Waals surface area contributed by atoms with Gasteiger partial charge in [-0.05, 0) is 6.07 Å². The molecule has 0 radical (unpaired) electrons. The van der Waals surface area contributed by atoms with Crippen molar-refractivity contribution in [2.24, 2.45) is 5.73 Å². The largest absolute Gasteiger partial charge is 0.469 e. The lowest BCUT2D eigenvalue weighted by molar-refractivity contribution is 0.0699. The van der Waals surface area contributed by atoms with E-state index in [0.717, 1.165) is 0 Å². The molecule has 0 fully saturated rings. The summed E-state index contributed by atoms with van der Waals surface area (Å²) in [6.07, 6.45) is 2.72. The molecule has 19 heavy (non-hydrogen) atoms. The molecular weight excluding hydrogens is 264 g/mol. The Morgan fingerprint density at radius 3 is 2.84 bits per heavy atom. The molecule has 0 bridgehead atoms.